The molecule has 0 radical (unpaired) electrons. The first-order valence-electron chi connectivity index (χ1n) is 5.28. The fourth-order valence-corrected chi connectivity index (χ4v) is 2.27. The summed E-state index contributed by atoms with van der Waals surface area (Å²) in [7, 11) is 0. The minimum atomic E-state index is -0.598. The first-order valence-corrected chi connectivity index (χ1v) is 5.28. The average molecular weight is 211 g/mol. The van der Waals surface area contributed by atoms with Crippen molar-refractivity contribution in [2.24, 2.45) is 5.73 Å². The van der Waals surface area contributed by atoms with E-state index in [1.807, 2.05) is 18.7 Å². The zero-order chi connectivity index (χ0) is 11.2. The van der Waals surface area contributed by atoms with Gasteiger partial charge >= 0.3 is 0 Å². The molecule has 5 heteroatoms. The molecule has 0 unspecified atom stereocenters. The van der Waals surface area contributed by atoms with Gasteiger partial charge in [-0.15, -0.1) is 0 Å². The highest BCUT2D eigenvalue weighted by Crippen LogP contribution is 2.31. The highest BCUT2D eigenvalue weighted by Gasteiger charge is 2.46. The van der Waals surface area contributed by atoms with Crippen molar-refractivity contribution in [3.8, 4) is 0 Å². The Morgan fingerprint density at radius 1 is 1.40 bits per heavy atom. The van der Waals surface area contributed by atoms with Crippen molar-refractivity contribution in [3.63, 3.8) is 0 Å². The van der Waals surface area contributed by atoms with Gasteiger partial charge in [0.2, 0.25) is 11.8 Å². The van der Waals surface area contributed by atoms with E-state index in [0.29, 0.717) is 6.54 Å². The summed E-state index contributed by atoms with van der Waals surface area (Å²) in [6, 6.07) is 0.510. The van der Waals surface area contributed by atoms with Gasteiger partial charge in [0, 0.05) is 12.1 Å². The monoisotopic (exact) mass is 211 g/mol. The zero-order valence-corrected chi connectivity index (χ0v) is 9.12. The summed E-state index contributed by atoms with van der Waals surface area (Å²) in [6.07, 6.45) is 1.76. The van der Waals surface area contributed by atoms with Crippen LogP contribution in [0.25, 0.3) is 0 Å². The lowest BCUT2D eigenvalue weighted by Crippen LogP contribution is -2.69. The van der Waals surface area contributed by atoms with Crippen LogP contribution in [0.5, 0.6) is 0 Å². The molecular formula is C10H17N3O2. The van der Waals surface area contributed by atoms with E-state index >= 15 is 0 Å². The van der Waals surface area contributed by atoms with Gasteiger partial charge in [0.1, 0.15) is 0 Å². The van der Waals surface area contributed by atoms with Crippen molar-refractivity contribution in [1.82, 2.24) is 10.2 Å². The summed E-state index contributed by atoms with van der Waals surface area (Å²) in [4.78, 5) is 24.9. The molecule has 15 heavy (non-hydrogen) atoms. The molecule has 0 aromatic rings. The lowest BCUT2D eigenvalue weighted by atomic mass is 9.82. The van der Waals surface area contributed by atoms with E-state index in [1.54, 1.807) is 0 Å². The lowest BCUT2D eigenvalue weighted by Gasteiger charge is -2.49. The molecule has 1 saturated carbocycles. The molecule has 2 rings (SSSR count). The minimum Gasteiger partial charge on any atom is -0.328 e. The Morgan fingerprint density at radius 2 is 2.00 bits per heavy atom. The van der Waals surface area contributed by atoms with E-state index in [1.165, 1.54) is 0 Å². The number of nitrogens with two attached hydrogens (primary N) is 1. The van der Waals surface area contributed by atoms with Crippen molar-refractivity contribution in [1.29, 1.82) is 0 Å². The predicted octanol–water partition coefficient (Wildman–Crippen LogP) is -0.787. The van der Waals surface area contributed by atoms with E-state index in [-0.39, 0.29) is 23.9 Å². The van der Waals surface area contributed by atoms with E-state index in [9.17, 15) is 9.59 Å². The number of nitrogens with zero attached hydrogens (tertiary/aromatic N) is 1. The van der Waals surface area contributed by atoms with Gasteiger partial charge in [0.25, 0.3) is 0 Å². The maximum absolute atomic E-state index is 11.7. The highest BCUT2D eigenvalue weighted by molar-refractivity contribution is 6.03. The van der Waals surface area contributed by atoms with Crippen molar-refractivity contribution >= 4 is 11.8 Å². The smallest absolute Gasteiger partial charge is 0.246 e. The van der Waals surface area contributed by atoms with Gasteiger partial charge in [-0.2, -0.15) is 0 Å². The lowest BCUT2D eigenvalue weighted by molar-refractivity contribution is -0.149. The number of hydrogen-bond donors (Lipinski definition) is 2. The average Bonchev–Trinajstić information content (AvgIpc) is 2.07. The number of nitrogens with one attached hydrogen (secondary N) is 1. The van der Waals surface area contributed by atoms with Crippen molar-refractivity contribution < 1.29 is 9.59 Å². The Balaban J connectivity index is 2.14. The fourth-order valence-electron chi connectivity index (χ4n) is 2.27. The first kappa shape index (κ1) is 10.6. The number of hydrogen-bond acceptors (Lipinski definition) is 4. The molecule has 2 fully saturated rings. The second-order valence-corrected chi connectivity index (χ2v) is 4.95. The van der Waals surface area contributed by atoms with Gasteiger partial charge in [-0.3, -0.25) is 19.8 Å². The van der Waals surface area contributed by atoms with Crippen LogP contribution >= 0.6 is 0 Å². The molecule has 2 amide bonds. The van der Waals surface area contributed by atoms with Crippen LogP contribution in [-0.4, -0.2) is 40.9 Å². The normalized spacial score (nSPS) is 35.9. The summed E-state index contributed by atoms with van der Waals surface area (Å²) in [6.45, 7) is 3.99. The van der Waals surface area contributed by atoms with Crippen LogP contribution in [0.15, 0.2) is 0 Å². The number of carbonyl (C=O) groups is 2. The Labute approximate surface area is 89.0 Å². The maximum atomic E-state index is 11.7. The van der Waals surface area contributed by atoms with Gasteiger partial charge in [-0.25, -0.2) is 0 Å². The van der Waals surface area contributed by atoms with E-state index < -0.39 is 5.54 Å². The molecule has 0 aromatic heterocycles. The Morgan fingerprint density at radius 3 is 2.53 bits per heavy atom. The molecule has 0 atom stereocenters. The molecule has 84 valence electrons. The van der Waals surface area contributed by atoms with Gasteiger partial charge < -0.3 is 5.73 Å². The second kappa shape index (κ2) is 3.28. The largest absolute Gasteiger partial charge is 0.328 e. The number of imide groups is 1. The van der Waals surface area contributed by atoms with Crippen LogP contribution < -0.4 is 11.1 Å². The third-order valence-corrected chi connectivity index (χ3v) is 3.43. The van der Waals surface area contributed by atoms with Crippen LogP contribution in [0.2, 0.25) is 0 Å². The molecule has 1 heterocycles. The van der Waals surface area contributed by atoms with Crippen LogP contribution in [0.3, 0.4) is 0 Å². The van der Waals surface area contributed by atoms with Crippen molar-refractivity contribution in [3.05, 3.63) is 0 Å². The summed E-state index contributed by atoms with van der Waals surface area (Å²) < 4.78 is 0. The third-order valence-electron chi connectivity index (χ3n) is 3.43. The SMILES string of the molecule is CC1(C)C(=O)NC(=O)CN1C1CC(N)C1. The molecule has 1 aliphatic heterocycles. The Kier molecular flexibility index (Phi) is 2.31. The van der Waals surface area contributed by atoms with Crippen molar-refractivity contribution in [2.75, 3.05) is 6.54 Å². The molecular weight excluding hydrogens is 194 g/mol. The first-order chi connectivity index (χ1) is 6.91. The zero-order valence-electron chi connectivity index (χ0n) is 9.12. The van der Waals surface area contributed by atoms with Gasteiger partial charge in [0.15, 0.2) is 0 Å². The molecule has 0 aromatic carbocycles. The number of piperazine rings is 1. The molecule has 1 aliphatic carbocycles. The van der Waals surface area contributed by atoms with Crippen molar-refractivity contribution in [2.45, 2.75) is 44.3 Å². The van der Waals surface area contributed by atoms with Crippen LogP contribution in [0.4, 0.5) is 0 Å². The summed E-state index contributed by atoms with van der Waals surface area (Å²) in [5.41, 5.74) is 5.12. The summed E-state index contributed by atoms with van der Waals surface area (Å²) in [5, 5.41) is 2.36. The van der Waals surface area contributed by atoms with Gasteiger partial charge in [-0.1, -0.05) is 0 Å². The third kappa shape index (κ3) is 1.66. The Bertz CT molecular complexity index is 308. The quantitative estimate of drug-likeness (QED) is 0.557. The van der Waals surface area contributed by atoms with Gasteiger partial charge in [-0.05, 0) is 26.7 Å². The number of rotatable bonds is 1. The molecule has 0 spiro atoms. The van der Waals surface area contributed by atoms with E-state index in [2.05, 4.69) is 5.32 Å². The topological polar surface area (TPSA) is 75.4 Å². The standard InChI is InChI=1S/C10H17N3O2/c1-10(2)9(15)12-8(14)5-13(10)7-3-6(11)4-7/h6-7H,3-5,11H2,1-2H3,(H,12,14,15). The number of carbonyl (C=O) groups excluding carboxylic acids is 2. The molecule has 3 N–H and O–H groups in total. The van der Waals surface area contributed by atoms with Crippen LogP contribution in [0.1, 0.15) is 26.7 Å². The molecule has 0 bridgehead atoms. The molecule has 2 aliphatic rings. The molecule has 5 nitrogen and oxygen atoms in total. The highest BCUT2D eigenvalue weighted by atomic mass is 16.2. The van der Waals surface area contributed by atoms with Crippen LogP contribution in [-0.2, 0) is 9.59 Å². The maximum Gasteiger partial charge on any atom is 0.246 e. The minimum absolute atomic E-state index is 0.209. The van der Waals surface area contributed by atoms with Crippen LogP contribution in [0, 0.1) is 0 Å². The van der Waals surface area contributed by atoms with E-state index in [4.69, 9.17) is 5.73 Å². The Hall–Kier alpha value is -0.940. The summed E-state index contributed by atoms with van der Waals surface area (Å²) in [5.74, 6) is -0.418. The number of amides is 2. The predicted molar refractivity (Wildman–Crippen MR) is 54.9 cm³/mol. The summed E-state index contributed by atoms with van der Waals surface area (Å²) >= 11 is 0. The molecule has 1 saturated heterocycles. The second-order valence-electron chi connectivity index (χ2n) is 4.95. The van der Waals surface area contributed by atoms with E-state index in [0.717, 1.165) is 12.8 Å². The van der Waals surface area contributed by atoms with Gasteiger partial charge in [0.05, 0.1) is 12.1 Å². The fraction of sp³-hybridized carbons (Fsp3) is 0.800.